The molecular formula is C26H39Cl2N3O. The van der Waals surface area contributed by atoms with Gasteiger partial charge in [0.1, 0.15) is 11.4 Å². The first kappa shape index (κ1) is 25.5. The lowest BCUT2D eigenvalue weighted by atomic mass is 9.87. The highest BCUT2D eigenvalue weighted by Crippen LogP contribution is 2.40. The van der Waals surface area contributed by atoms with Crippen LogP contribution < -0.4 is 0 Å². The van der Waals surface area contributed by atoms with Crippen molar-refractivity contribution in [3.8, 4) is 0 Å². The molecule has 4 nitrogen and oxygen atoms in total. The molecule has 0 aromatic heterocycles. The van der Waals surface area contributed by atoms with Gasteiger partial charge in [-0.05, 0) is 48.8 Å². The number of amides is 1. The lowest BCUT2D eigenvalue weighted by Crippen LogP contribution is -2.57. The number of aliphatic imine (C=N–C) groups is 1. The number of likely N-dealkylation sites (tertiary alicyclic amines) is 1. The predicted molar refractivity (Wildman–Crippen MR) is 136 cm³/mol. The number of carbonyl (C=O) groups excluding carboxylic acids is 1. The molecule has 3 rings (SSSR count). The lowest BCUT2D eigenvalue weighted by molar-refractivity contribution is -0.133. The number of hydrogen-bond acceptors (Lipinski definition) is 3. The topological polar surface area (TPSA) is 35.9 Å². The summed E-state index contributed by atoms with van der Waals surface area (Å²) in [5.74, 6) is 0.00835. The molecule has 1 fully saturated rings. The fourth-order valence-electron chi connectivity index (χ4n) is 4.97. The molecule has 1 saturated heterocycles. The number of piperidine rings is 1. The third-order valence-electron chi connectivity index (χ3n) is 6.43. The Morgan fingerprint density at radius 3 is 2.06 bits per heavy atom. The molecule has 2 aliphatic heterocycles. The molecule has 1 amide bonds. The normalized spacial score (nSPS) is 20.7. The molecule has 6 heteroatoms. The minimum absolute atomic E-state index is 0.00835. The van der Waals surface area contributed by atoms with E-state index in [0.29, 0.717) is 15.8 Å². The summed E-state index contributed by atoms with van der Waals surface area (Å²) in [6.07, 6.45) is 3.73. The largest absolute Gasteiger partial charge is 0.310 e. The van der Waals surface area contributed by atoms with Crippen LogP contribution in [0.25, 0.3) is 0 Å². The molecule has 0 saturated carbocycles. The molecule has 0 aliphatic carbocycles. The van der Waals surface area contributed by atoms with Gasteiger partial charge in [0.15, 0.2) is 0 Å². The van der Waals surface area contributed by atoms with Crippen LogP contribution in [0.2, 0.25) is 10.0 Å². The first-order valence-electron chi connectivity index (χ1n) is 11.8. The molecule has 2 heterocycles. The zero-order valence-corrected chi connectivity index (χ0v) is 22.3. The number of nitrogens with zero attached hydrogens (tertiary/aromatic N) is 3. The zero-order valence-electron chi connectivity index (χ0n) is 20.8. The Kier molecular flexibility index (Phi) is 7.39. The Balaban J connectivity index is 1.92. The summed E-state index contributed by atoms with van der Waals surface area (Å²) >= 11 is 12.5. The van der Waals surface area contributed by atoms with Crippen LogP contribution in [0.4, 0.5) is 0 Å². The predicted octanol–water partition coefficient (Wildman–Crippen LogP) is 6.68. The number of benzene rings is 1. The average Bonchev–Trinajstić information content (AvgIpc) is 2.92. The van der Waals surface area contributed by atoms with Gasteiger partial charge >= 0.3 is 0 Å². The monoisotopic (exact) mass is 479 g/mol. The van der Waals surface area contributed by atoms with E-state index >= 15 is 0 Å². The quantitative estimate of drug-likeness (QED) is 0.471. The summed E-state index contributed by atoms with van der Waals surface area (Å²) in [7, 11) is 0. The summed E-state index contributed by atoms with van der Waals surface area (Å²) in [6.45, 7) is 18.7. The molecule has 2 aliphatic rings. The average molecular weight is 481 g/mol. The van der Waals surface area contributed by atoms with E-state index in [1.54, 1.807) is 18.2 Å². The molecule has 1 atom stereocenters. The van der Waals surface area contributed by atoms with Gasteiger partial charge in [0.05, 0.1) is 0 Å². The maximum absolute atomic E-state index is 13.8. The van der Waals surface area contributed by atoms with Gasteiger partial charge in [-0.1, -0.05) is 64.7 Å². The standard InChI is InChI=1S/C26H39Cl2N3O/c1-18(8-9-24(2,3)4)31-23(32)22(19-14-20(27)16-21(28)15-19)29-26(31)10-12-30(13-11-26)17-25(5,6)7/h14-16,18H,8-13,17H2,1-7H3. The van der Waals surface area contributed by atoms with Gasteiger partial charge in [-0.15, -0.1) is 0 Å². The highest BCUT2D eigenvalue weighted by molar-refractivity contribution is 6.47. The van der Waals surface area contributed by atoms with E-state index in [-0.39, 0.29) is 22.8 Å². The first-order chi connectivity index (χ1) is 14.7. The van der Waals surface area contributed by atoms with Crippen molar-refractivity contribution in [1.82, 2.24) is 9.80 Å². The van der Waals surface area contributed by atoms with E-state index in [4.69, 9.17) is 28.2 Å². The molecule has 1 aromatic carbocycles. The number of hydrogen-bond donors (Lipinski definition) is 0. The zero-order chi connectivity index (χ0) is 23.9. The summed E-state index contributed by atoms with van der Waals surface area (Å²) in [5, 5.41) is 1.05. The Bertz CT molecular complexity index is 854. The molecule has 178 valence electrons. The van der Waals surface area contributed by atoms with E-state index in [0.717, 1.165) is 50.9 Å². The van der Waals surface area contributed by atoms with Gasteiger partial charge in [-0.3, -0.25) is 9.79 Å². The highest BCUT2D eigenvalue weighted by atomic mass is 35.5. The van der Waals surface area contributed by atoms with E-state index < -0.39 is 5.66 Å². The highest BCUT2D eigenvalue weighted by Gasteiger charge is 2.50. The van der Waals surface area contributed by atoms with Crippen molar-refractivity contribution >= 4 is 34.8 Å². The van der Waals surface area contributed by atoms with Gasteiger partial charge in [0.2, 0.25) is 0 Å². The van der Waals surface area contributed by atoms with Crippen LogP contribution >= 0.6 is 23.2 Å². The van der Waals surface area contributed by atoms with Crippen molar-refractivity contribution in [1.29, 1.82) is 0 Å². The number of halogens is 2. The van der Waals surface area contributed by atoms with E-state index in [1.807, 2.05) is 0 Å². The second-order valence-corrected chi connectivity index (χ2v) is 12.9. The van der Waals surface area contributed by atoms with Crippen molar-refractivity contribution in [3.05, 3.63) is 33.8 Å². The van der Waals surface area contributed by atoms with Crippen molar-refractivity contribution in [2.45, 2.75) is 85.9 Å². The molecule has 32 heavy (non-hydrogen) atoms. The molecule has 0 radical (unpaired) electrons. The van der Waals surface area contributed by atoms with Gasteiger partial charge < -0.3 is 9.80 Å². The van der Waals surface area contributed by atoms with Gasteiger partial charge in [-0.25, -0.2) is 0 Å². The fraction of sp³-hybridized carbons (Fsp3) is 0.692. The SMILES string of the molecule is CC(CCC(C)(C)C)N1C(=O)C(c2cc(Cl)cc(Cl)c2)=NC12CCN(CC(C)(C)C)CC2. The number of carbonyl (C=O) groups is 1. The van der Waals surface area contributed by atoms with Crippen molar-refractivity contribution in [3.63, 3.8) is 0 Å². The fourth-order valence-corrected chi connectivity index (χ4v) is 5.49. The maximum Gasteiger partial charge on any atom is 0.274 e. The van der Waals surface area contributed by atoms with Gasteiger partial charge in [0.25, 0.3) is 5.91 Å². The summed E-state index contributed by atoms with van der Waals surface area (Å²) in [5.41, 5.74) is 1.22. The minimum Gasteiger partial charge on any atom is -0.310 e. The Hall–Kier alpha value is -1.10. The van der Waals surface area contributed by atoms with Gasteiger partial charge in [0, 0.05) is 54.1 Å². The van der Waals surface area contributed by atoms with Crippen LogP contribution in [0.15, 0.2) is 23.2 Å². The smallest absolute Gasteiger partial charge is 0.274 e. The van der Waals surface area contributed by atoms with Crippen molar-refractivity contribution in [2.24, 2.45) is 15.8 Å². The van der Waals surface area contributed by atoms with Crippen LogP contribution in [-0.4, -0.2) is 52.8 Å². The summed E-state index contributed by atoms with van der Waals surface area (Å²) in [6, 6.07) is 5.41. The van der Waals surface area contributed by atoms with E-state index in [9.17, 15) is 4.79 Å². The van der Waals surface area contributed by atoms with E-state index in [1.165, 1.54) is 0 Å². The Morgan fingerprint density at radius 1 is 1.00 bits per heavy atom. The van der Waals surface area contributed by atoms with E-state index in [2.05, 4.69) is 58.3 Å². The molecule has 0 N–H and O–H groups in total. The third-order valence-corrected chi connectivity index (χ3v) is 6.87. The summed E-state index contributed by atoms with van der Waals surface area (Å²) in [4.78, 5) is 23.5. The summed E-state index contributed by atoms with van der Waals surface area (Å²) < 4.78 is 0. The minimum atomic E-state index is -0.479. The Labute approximate surface area is 204 Å². The molecule has 0 bridgehead atoms. The Morgan fingerprint density at radius 2 is 1.56 bits per heavy atom. The molecule has 1 aromatic rings. The van der Waals surface area contributed by atoms with Crippen molar-refractivity contribution in [2.75, 3.05) is 19.6 Å². The van der Waals surface area contributed by atoms with Crippen LogP contribution in [0.3, 0.4) is 0 Å². The van der Waals surface area contributed by atoms with Crippen LogP contribution in [0.5, 0.6) is 0 Å². The second-order valence-electron chi connectivity index (χ2n) is 12.1. The third kappa shape index (κ3) is 6.07. The molecular weight excluding hydrogens is 441 g/mol. The van der Waals surface area contributed by atoms with Crippen LogP contribution in [0, 0.1) is 10.8 Å². The number of rotatable bonds is 5. The van der Waals surface area contributed by atoms with Gasteiger partial charge in [-0.2, -0.15) is 0 Å². The lowest BCUT2D eigenvalue weighted by Gasteiger charge is -2.46. The maximum atomic E-state index is 13.8. The van der Waals surface area contributed by atoms with Crippen LogP contribution in [0.1, 0.15) is 79.7 Å². The molecule has 1 spiro atoms. The second kappa shape index (κ2) is 9.27. The molecule has 1 unspecified atom stereocenters. The first-order valence-corrected chi connectivity index (χ1v) is 12.6. The van der Waals surface area contributed by atoms with Crippen molar-refractivity contribution < 1.29 is 4.79 Å². The van der Waals surface area contributed by atoms with Crippen LogP contribution in [-0.2, 0) is 4.79 Å².